The first kappa shape index (κ1) is 13.0. The molecule has 5 nitrogen and oxygen atoms in total. The molecule has 1 aromatic rings. The Morgan fingerprint density at radius 2 is 2.17 bits per heavy atom. The molecule has 2 heterocycles. The number of aromatic nitrogens is 1. The van der Waals surface area contributed by atoms with Crippen molar-refractivity contribution in [2.24, 2.45) is 0 Å². The van der Waals surface area contributed by atoms with Crippen LogP contribution in [0.5, 0.6) is 0 Å². The van der Waals surface area contributed by atoms with Crippen molar-refractivity contribution in [2.75, 3.05) is 0 Å². The van der Waals surface area contributed by atoms with E-state index in [0.717, 1.165) is 5.69 Å². The van der Waals surface area contributed by atoms with Crippen LogP contribution < -0.4 is 5.32 Å². The zero-order valence-corrected chi connectivity index (χ0v) is 11.4. The van der Waals surface area contributed by atoms with E-state index in [1.54, 1.807) is 10.4 Å². The summed E-state index contributed by atoms with van der Waals surface area (Å²) in [6.07, 6.45) is 1.24. The van der Waals surface area contributed by atoms with Gasteiger partial charge in [0.25, 0.3) is 0 Å². The SMILES string of the molecule is CCC1NC(=O)C(CC)N(Cc2cscn2)C1=O. The van der Waals surface area contributed by atoms with Crippen molar-refractivity contribution in [3.05, 3.63) is 16.6 Å². The molecule has 2 unspecified atom stereocenters. The van der Waals surface area contributed by atoms with Gasteiger partial charge in [0.2, 0.25) is 11.8 Å². The number of hydrogen-bond acceptors (Lipinski definition) is 4. The van der Waals surface area contributed by atoms with Crippen molar-refractivity contribution in [1.29, 1.82) is 0 Å². The molecule has 2 rings (SSSR count). The summed E-state index contributed by atoms with van der Waals surface area (Å²) < 4.78 is 0. The molecule has 1 aromatic heterocycles. The normalized spacial score (nSPS) is 24.2. The Bertz CT molecular complexity index is 433. The van der Waals surface area contributed by atoms with Gasteiger partial charge in [0, 0.05) is 5.38 Å². The second kappa shape index (κ2) is 5.48. The molecule has 1 saturated heterocycles. The molecule has 1 N–H and O–H groups in total. The van der Waals surface area contributed by atoms with Gasteiger partial charge in [-0.3, -0.25) is 9.59 Å². The van der Waals surface area contributed by atoms with Crippen LogP contribution in [0.15, 0.2) is 10.9 Å². The molecule has 2 amide bonds. The average molecular weight is 267 g/mol. The lowest BCUT2D eigenvalue weighted by atomic mass is 10.0. The molecule has 0 aromatic carbocycles. The molecule has 0 saturated carbocycles. The maximum atomic E-state index is 12.3. The lowest BCUT2D eigenvalue weighted by Crippen LogP contribution is -2.62. The van der Waals surface area contributed by atoms with Crippen LogP contribution in [0.1, 0.15) is 32.4 Å². The predicted octanol–water partition coefficient (Wildman–Crippen LogP) is 1.16. The van der Waals surface area contributed by atoms with Crippen LogP contribution in [0.2, 0.25) is 0 Å². The minimum atomic E-state index is -0.390. The van der Waals surface area contributed by atoms with Crippen molar-refractivity contribution < 1.29 is 9.59 Å². The third-order valence-corrected chi connectivity index (χ3v) is 3.82. The molecule has 1 fully saturated rings. The van der Waals surface area contributed by atoms with E-state index in [0.29, 0.717) is 19.4 Å². The molecule has 6 heteroatoms. The number of nitrogens with one attached hydrogen (secondary N) is 1. The van der Waals surface area contributed by atoms with Gasteiger partial charge in [0.1, 0.15) is 12.1 Å². The van der Waals surface area contributed by atoms with E-state index in [1.165, 1.54) is 11.3 Å². The van der Waals surface area contributed by atoms with Crippen molar-refractivity contribution >= 4 is 23.2 Å². The van der Waals surface area contributed by atoms with Gasteiger partial charge in [0.05, 0.1) is 17.7 Å². The number of hydrogen-bond donors (Lipinski definition) is 1. The number of nitrogens with zero attached hydrogens (tertiary/aromatic N) is 2. The zero-order chi connectivity index (χ0) is 13.1. The highest BCUT2D eigenvalue weighted by atomic mass is 32.1. The van der Waals surface area contributed by atoms with Crippen molar-refractivity contribution in [3.8, 4) is 0 Å². The maximum Gasteiger partial charge on any atom is 0.246 e. The summed E-state index contributed by atoms with van der Waals surface area (Å²) in [5.41, 5.74) is 2.58. The summed E-state index contributed by atoms with van der Waals surface area (Å²) in [6, 6.07) is -0.763. The zero-order valence-electron chi connectivity index (χ0n) is 10.5. The van der Waals surface area contributed by atoms with Crippen molar-refractivity contribution in [1.82, 2.24) is 15.2 Å². The standard InChI is InChI=1S/C12H17N3O2S/c1-3-9-12(17)15(5-8-6-18-7-13-8)10(4-2)11(16)14-9/h6-7,9-10H,3-5H2,1-2H3,(H,14,16). The number of rotatable bonds is 4. The molecule has 0 bridgehead atoms. The summed E-state index contributed by atoms with van der Waals surface area (Å²) in [5.74, 6) is -0.0591. The van der Waals surface area contributed by atoms with Gasteiger partial charge in [-0.05, 0) is 12.8 Å². The second-order valence-corrected chi connectivity index (χ2v) is 5.06. The van der Waals surface area contributed by atoms with E-state index in [-0.39, 0.29) is 23.9 Å². The fraction of sp³-hybridized carbons (Fsp3) is 0.583. The Kier molecular flexibility index (Phi) is 3.96. The number of amides is 2. The fourth-order valence-electron chi connectivity index (χ4n) is 2.19. The van der Waals surface area contributed by atoms with E-state index in [1.807, 2.05) is 19.2 Å². The van der Waals surface area contributed by atoms with Crippen LogP contribution in [-0.2, 0) is 16.1 Å². The quantitative estimate of drug-likeness (QED) is 0.890. The molecule has 1 aliphatic rings. The first-order valence-corrected chi connectivity index (χ1v) is 7.09. The van der Waals surface area contributed by atoms with E-state index in [2.05, 4.69) is 10.3 Å². The molecule has 18 heavy (non-hydrogen) atoms. The van der Waals surface area contributed by atoms with Gasteiger partial charge < -0.3 is 10.2 Å². The molecule has 0 spiro atoms. The van der Waals surface area contributed by atoms with Crippen LogP contribution in [-0.4, -0.2) is 33.8 Å². The molecule has 1 aliphatic heterocycles. The molecule has 2 atom stereocenters. The van der Waals surface area contributed by atoms with Gasteiger partial charge in [0.15, 0.2) is 0 Å². The van der Waals surface area contributed by atoms with Crippen molar-refractivity contribution in [2.45, 2.75) is 45.3 Å². The summed E-state index contributed by atoms with van der Waals surface area (Å²) in [5, 5.41) is 4.69. The molecule has 98 valence electrons. The molecular formula is C12H17N3O2S. The highest BCUT2D eigenvalue weighted by molar-refractivity contribution is 7.07. The highest BCUT2D eigenvalue weighted by Gasteiger charge is 2.38. The Morgan fingerprint density at radius 1 is 1.39 bits per heavy atom. The topological polar surface area (TPSA) is 62.3 Å². The third-order valence-electron chi connectivity index (χ3n) is 3.19. The van der Waals surface area contributed by atoms with Crippen LogP contribution in [0.4, 0.5) is 0 Å². The third kappa shape index (κ3) is 2.38. The summed E-state index contributed by atoms with van der Waals surface area (Å²) in [7, 11) is 0. The summed E-state index contributed by atoms with van der Waals surface area (Å²) in [4.78, 5) is 30.1. The average Bonchev–Trinajstić information content (AvgIpc) is 2.86. The van der Waals surface area contributed by atoms with E-state index < -0.39 is 0 Å². The number of thiazole rings is 1. The number of carbonyl (C=O) groups is 2. The van der Waals surface area contributed by atoms with Crippen LogP contribution in [0.3, 0.4) is 0 Å². The monoisotopic (exact) mass is 267 g/mol. The summed E-state index contributed by atoms with van der Waals surface area (Å²) in [6.45, 7) is 4.23. The van der Waals surface area contributed by atoms with E-state index >= 15 is 0 Å². The Labute approximate surface area is 110 Å². The maximum absolute atomic E-state index is 12.3. The molecule has 0 aliphatic carbocycles. The van der Waals surface area contributed by atoms with Gasteiger partial charge >= 0.3 is 0 Å². The largest absolute Gasteiger partial charge is 0.343 e. The van der Waals surface area contributed by atoms with E-state index in [4.69, 9.17) is 0 Å². The lowest BCUT2D eigenvalue weighted by molar-refractivity contribution is -0.150. The molecule has 0 radical (unpaired) electrons. The van der Waals surface area contributed by atoms with Crippen LogP contribution >= 0.6 is 11.3 Å². The minimum Gasteiger partial charge on any atom is -0.343 e. The Hall–Kier alpha value is -1.43. The highest BCUT2D eigenvalue weighted by Crippen LogP contribution is 2.18. The Morgan fingerprint density at radius 3 is 2.72 bits per heavy atom. The number of piperazine rings is 1. The fourth-order valence-corrected chi connectivity index (χ4v) is 2.74. The van der Waals surface area contributed by atoms with Gasteiger partial charge in [-0.2, -0.15) is 0 Å². The first-order valence-electron chi connectivity index (χ1n) is 6.15. The van der Waals surface area contributed by atoms with Gasteiger partial charge in [-0.1, -0.05) is 13.8 Å². The predicted molar refractivity (Wildman–Crippen MR) is 69.0 cm³/mol. The van der Waals surface area contributed by atoms with Gasteiger partial charge in [-0.25, -0.2) is 4.98 Å². The Balaban J connectivity index is 2.20. The van der Waals surface area contributed by atoms with Crippen LogP contribution in [0.25, 0.3) is 0 Å². The van der Waals surface area contributed by atoms with Gasteiger partial charge in [-0.15, -0.1) is 11.3 Å². The van der Waals surface area contributed by atoms with Crippen molar-refractivity contribution in [3.63, 3.8) is 0 Å². The number of carbonyl (C=O) groups excluding carboxylic acids is 2. The van der Waals surface area contributed by atoms with Crippen LogP contribution in [0, 0.1) is 0 Å². The lowest BCUT2D eigenvalue weighted by Gasteiger charge is -2.38. The smallest absolute Gasteiger partial charge is 0.246 e. The minimum absolute atomic E-state index is 0.00282. The second-order valence-electron chi connectivity index (χ2n) is 4.34. The van der Waals surface area contributed by atoms with E-state index in [9.17, 15) is 9.59 Å². The summed E-state index contributed by atoms with van der Waals surface area (Å²) >= 11 is 1.50. The first-order chi connectivity index (χ1) is 8.67. The molecular weight excluding hydrogens is 250 g/mol.